The Balaban J connectivity index is 1.40. The van der Waals surface area contributed by atoms with E-state index in [4.69, 9.17) is 9.47 Å². The summed E-state index contributed by atoms with van der Waals surface area (Å²) in [7, 11) is 0. The van der Waals surface area contributed by atoms with Crippen LogP contribution in [0.15, 0.2) is 73.3 Å². The van der Waals surface area contributed by atoms with E-state index in [1.54, 1.807) is 36.6 Å². The van der Waals surface area contributed by atoms with E-state index in [1.165, 1.54) is 9.80 Å². The molecule has 0 aromatic heterocycles. The van der Waals surface area contributed by atoms with Crippen molar-refractivity contribution in [3.05, 3.63) is 84.4 Å². The van der Waals surface area contributed by atoms with Crippen molar-refractivity contribution in [1.29, 1.82) is 0 Å². The number of carbonyl (C=O) groups is 5. The van der Waals surface area contributed by atoms with Gasteiger partial charge in [0.1, 0.15) is 36.4 Å². The van der Waals surface area contributed by atoms with E-state index in [9.17, 15) is 24.0 Å². The highest BCUT2D eigenvalue weighted by Crippen LogP contribution is 2.29. The summed E-state index contributed by atoms with van der Waals surface area (Å²) in [6.07, 6.45) is 6.30. The summed E-state index contributed by atoms with van der Waals surface area (Å²) in [6.45, 7) is 10.6. The number of piperidine rings is 2. The Morgan fingerprint density at radius 1 is 0.769 bits per heavy atom. The van der Waals surface area contributed by atoms with Gasteiger partial charge in [0.15, 0.2) is 0 Å². The molecular weight excluding hydrogens is 660 g/mol. The Kier molecular flexibility index (Phi) is 13.1. The van der Waals surface area contributed by atoms with E-state index in [0.717, 1.165) is 36.8 Å². The van der Waals surface area contributed by atoms with Gasteiger partial charge in [0.05, 0.1) is 0 Å². The zero-order valence-corrected chi connectivity index (χ0v) is 30.9. The molecule has 0 aliphatic carbocycles. The molecule has 3 heterocycles. The zero-order chi connectivity index (χ0) is 37.3. The van der Waals surface area contributed by atoms with Gasteiger partial charge in [-0.3, -0.25) is 19.3 Å². The predicted molar refractivity (Wildman–Crippen MR) is 197 cm³/mol. The smallest absolute Gasteiger partial charge is 0.410 e. The molecule has 4 amide bonds. The first-order valence-electron chi connectivity index (χ1n) is 18.7. The van der Waals surface area contributed by atoms with Crippen molar-refractivity contribution in [2.24, 2.45) is 0 Å². The van der Waals surface area contributed by atoms with Crippen LogP contribution in [-0.2, 0) is 41.7 Å². The van der Waals surface area contributed by atoms with E-state index >= 15 is 0 Å². The van der Waals surface area contributed by atoms with Crippen molar-refractivity contribution >= 4 is 29.8 Å². The molecule has 0 spiro atoms. The first-order chi connectivity index (χ1) is 25.0. The van der Waals surface area contributed by atoms with E-state index < -0.39 is 41.8 Å². The molecule has 11 heteroatoms. The summed E-state index contributed by atoms with van der Waals surface area (Å²) < 4.78 is 11.4. The zero-order valence-electron chi connectivity index (χ0n) is 30.9. The van der Waals surface area contributed by atoms with Crippen LogP contribution in [0.5, 0.6) is 0 Å². The van der Waals surface area contributed by atoms with E-state index in [2.05, 4.69) is 6.58 Å². The van der Waals surface area contributed by atoms with E-state index in [1.807, 2.05) is 60.7 Å². The molecule has 3 saturated heterocycles. The lowest BCUT2D eigenvalue weighted by molar-refractivity contribution is -0.159. The van der Waals surface area contributed by atoms with Crippen LogP contribution in [0.3, 0.4) is 0 Å². The SMILES string of the molecule is C=CCN(C(=O)[C@@H]1CCCCN1C(=O)[C@H]1CCCCN1C(=O)OC(C)(C)C)[C@H](Cc1ccccc1)C(=O)N1CCC[C@H]1C(=O)OCc1ccccc1. The molecule has 2 aromatic rings. The van der Waals surface area contributed by atoms with E-state index in [-0.39, 0.29) is 37.3 Å². The number of carbonyl (C=O) groups excluding carboxylic acids is 5. The van der Waals surface area contributed by atoms with Crippen LogP contribution in [0.2, 0.25) is 0 Å². The van der Waals surface area contributed by atoms with Crippen LogP contribution in [0, 0.1) is 0 Å². The van der Waals surface area contributed by atoms with Crippen molar-refractivity contribution < 1.29 is 33.4 Å². The molecule has 5 rings (SSSR count). The maximum atomic E-state index is 14.8. The fraction of sp³-hybridized carbons (Fsp3) is 0.537. The van der Waals surface area contributed by atoms with Gasteiger partial charge in [-0.25, -0.2) is 9.59 Å². The minimum absolute atomic E-state index is 0.0744. The monoisotopic (exact) mass is 714 g/mol. The van der Waals surface area contributed by atoms with Gasteiger partial charge in [-0.1, -0.05) is 66.7 Å². The largest absolute Gasteiger partial charge is 0.459 e. The maximum Gasteiger partial charge on any atom is 0.410 e. The fourth-order valence-corrected chi connectivity index (χ4v) is 7.53. The minimum Gasteiger partial charge on any atom is -0.459 e. The first kappa shape index (κ1) is 38.6. The van der Waals surface area contributed by atoms with Crippen molar-refractivity contribution in [2.45, 2.75) is 115 Å². The number of hydrogen-bond acceptors (Lipinski definition) is 7. The molecule has 4 atom stereocenters. The number of nitrogens with zero attached hydrogens (tertiary/aromatic N) is 4. The van der Waals surface area contributed by atoms with Gasteiger partial charge in [0.2, 0.25) is 17.7 Å². The molecule has 0 unspecified atom stereocenters. The van der Waals surface area contributed by atoms with Gasteiger partial charge >= 0.3 is 12.1 Å². The van der Waals surface area contributed by atoms with Crippen molar-refractivity contribution in [3.63, 3.8) is 0 Å². The molecule has 11 nitrogen and oxygen atoms in total. The maximum absolute atomic E-state index is 14.8. The van der Waals surface area contributed by atoms with Crippen LogP contribution >= 0.6 is 0 Å². The van der Waals surface area contributed by atoms with E-state index in [0.29, 0.717) is 45.3 Å². The van der Waals surface area contributed by atoms with Crippen LogP contribution < -0.4 is 0 Å². The summed E-state index contributed by atoms with van der Waals surface area (Å²) in [5.41, 5.74) is 0.992. The van der Waals surface area contributed by atoms with Gasteiger partial charge in [0, 0.05) is 32.6 Å². The Bertz CT molecular complexity index is 1560. The topological polar surface area (TPSA) is 117 Å². The second-order valence-corrected chi connectivity index (χ2v) is 15.0. The molecule has 0 saturated carbocycles. The third-order valence-electron chi connectivity index (χ3n) is 10.1. The fourth-order valence-electron chi connectivity index (χ4n) is 7.53. The third-order valence-corrected chi connectivity index (χ3v) is 10.1. The molecule has 0 N–H and O–H groups in total. The number of rotatable bonds is 11. The summed E-state index contributed by atoms with van der Waals surface area (Å²) in [5.74, 6) is -1.42. The number of amides is 4. The number of hydrogen-bond donors (Lipinski definition) is 0. The average molecular weight is 715 g/mol. The Morgan fingerprint density at radius 3 is 1.98 bits per heavy atom. The summed E-state index contributed by atoms with van der Waals surface area (Å²) >= 11 is 0. The number of ether oxygens (including phenoxy) is 2. The van der Waals surface area contributed by atoms with Crippen LogP contribution in [0.25, 0.3) is 0 Å². The Labute approximate surface area is 307 Å². The first-order valence-corrected chi connectivity index (χ1v) is 18.7. The molecule has 280 valence electrons. The highest BCUT2D eigenvalue weighted by Gasteiger charge is 2.45. The highest BCUT2D eigenvalue weighted by molar-refractivity contribution is 5.95. The standard InChI is InChI=1S/C41H54N4O7/c1-5-24-42(36(46)32-21-12-14-25-43(32)37(47)33-22-13-15-26-45(33)40(50)52-41(2,3)4)35(28-30-17-8-6-9-18-30)38(48)44-27-16-23-34(44)39(49)51-29-31-19-10-7-11-20-31/h5-11,17-20,32-35H,1,12-16,21-29H2,2-4H3/t32-,33+,34-,35+/m0/s1. The Morgan fingerprint density at radius 2 is 1.35 bits per heavy atom. The molecule has 0 bridgehead atoms. The molecule has 3 fully saturated rings. The second-order valence-electron chi connectivity index (χ2n) is 15.0. The summed E-state index contributed by atoms with van der Waals surface area (Å²) in [6, 6.07) is 15.6. The molecule has 3 aliphatic heterocycles. The predicted octanol–water partition coefficient (Wildman–Crippen LogP) is 5.52. The summed E-state index contributed by atoms with van der Waals surface area (Å²) in [5, 5.41) is 0. The van der Waals surface area contributed by atoms with Gasteiger partial charge in [-0.2, -0.15) is 0 Å². The average Bonchev–Trinajstić information content (AvgIpc) is 3.65. The van der Waals surface area contributed by atoms with Gasteiger partial charge < -0.3 is 24.2 Å². The lowest BCUT2D eigenvalue weighted by Crippen LogP contribution is -2.62. The minimum atomic E-state index is -0.956. The Hall–Kier alpha value is -4.67. The lowest BCUT2D eigenvalue weighted by Gasteiger charge is -2.44. The molecular formula is C41H54N4O7. The quantitative estimate of drug-likeness (QED) is 0.223. The second kappa shape index (κ2) is 17.7. The normalized spacial score (nSPS) is 21.2. The lowest BCUT2D eigenvalue weighted by atomic mass is 9.95. The molecule has 2 aromatic carbocycles. The van der Waals surface area contributed by atoms with Gasteiger partial charge in [-0.15, -0.1) is 6.58 Å². The molecule has 3 aliphatic rings. The highest BCUT2D eigenvalue weighted by atomic mass is 16.6. The van der Waals surface area contributed by atoms with Crippen molar-refractivity contribution in [1.82, 2.24) is 19.6 Å². The van der Waals surface area contributed by atoms with Crippen molar-refractivity contribution in [3.8, 4) is 0 Å². The van der Waals surface area contributed by atoms with Crippen molar-refractivity contribution in [2.75, 3.05) is 26.2 Å². The third kappa shape index (κ3) is 9.60. The molecule has 52 heavy (non-hydrogen) atoms. The van der Waals surface area contributed by atoms with Crippen LogP contribution in [-0.4, -0.2) is 105 Å². The number of likely N-dealkylation sites (tertiary alicyclic amines) is 3. The number of esters is 1. The van der Waals surface area contributed by atoms with Gasteiger partial charge in [-0.05, 0) is 83.3 Å². The van der Waals surface area contributed by atoms with Crippen LogP contribution in [0.1, 0.15) is 83.3 Å². The van der Waals surface area contributed by atoms with Gasteiger partial charge in [0.25, 0.3) is 0 Å². The molecule has 0 radical (unpaired) electrons. The van der Waals surface area contributed by atoms with Crippen LogP contribution in [0.4, 0.5) is 4.79 Å². The number of benzene rings is 2. The summed E-state index contributed by atoms with van der Waals surface area (Å²) in [4.78, 5) is 76.8.